The summed E-state index contributed by atoms with van der Waals surface area (Å²) in [5, 5.41) is 4.45. The second-order valence-corrected chi connectivity index (χ2v) is 4.56. The number of nitrogens with two attached hydrogens (primary N) is 1. The van der Waals surface area contributed by atoms with Crippen molar-refractivity contribution in [3.05, 3.63) is 36.0 Å². The van der Waals surface area contributed by atoms with Crippen molar-refractivity contribution in [3.63, 3.8) is 0 Å². The Kier molecular flexibility index (Phi) is 4.58. The summed E-state index contributed by atoms with van der Waals surface area (Å²) in [4.78, 5) is 0. The van der Waals surface area contributed by atoms with Crippen LogP contribution in [0.15, 0.2) is 30.3 Å². The molecule has 0 amide bonds. The minimum atomic E-state index is 0.625. The number of nitrogens with zero attached hydrogens (tertiary/aromatic N) is 2. The van der Waals surface area contributed by atoms with Gasteiger partial charge in [0, 0.05) is 19.0 Å². The van der Waals surface area contributed by atoms with Gasteiger partial charge in [0.05, 0.1) is 18.0 Å². The van der Waals surface area contributed by atoms with Gasteiger partial charge < -0.3 is 10.5 Å². The Morgan fingerprint density at radius 1 is 1.26 bits per heavy atom. The second-order valence-electron chi connectivity index (χ2n) is 4.56. The van der Waals surface area contributed by atoms with Gasteiger partial charge in [-0.05, 0) is 43.3 Å². The molecule has 0 aliphatic heterocycles. The molecule has 0 aliphatic rings. The molecule has 1 heterocycles. The van der Waals surface area contributed by atoms with Crippen molar-refractivity contribution >= 4 is 0 Å². The molecule has 2 aromatic rings. The average molecular weight is 259 g/mol. The van der Waals surface area contributed by atoms with Crippen LogP contribution in [-0.2, 0) is 13.5 Å². The van der Waals surface area contributed by atoms with Crippen molar-refractivity contribution in [2.75, 3.05) is 13.2 Å². The van der Waals surface area contributed by atoms with E-state index in [4.69, 9.17) is 10.5 Å². The lowest BCUT2D eigenvalue weighted by atomic mass is 10.1. The zero-order valence-electron chi connectivity index (χ0n) is 11.6. The molecule has 0 saturated carbocycles. The highest BCUT2D eigenvalue weighted by atomic mass is 16.5. The zero-order chi connectivity index (χ0) is 13.7. The summed E-state index contributed by atoms with van der Waals surface area (Å²) in [6.07, 6.45) is 1.83. The van der Waals surface area contributed by atoms with Crippen LogP contribution in [0.3, 0.4) is 0 Å². The third-order valence-corrected chi connectivity index (χ3v) is 2.95. The van der Waals surface area contributed by atoms with Gasteiger partial charge in [-0.1, -0.05) is 6.92 Å². The summed E-state index contributed by atoms with van der Waals surface area (Å²) < 4.78 is 7.48. The molecule has 1 aromatic heterocycles. The number of ether oxygens (including phenoxy) is 1. The first-order chi connectivity index (χ1) is 9.24. The van der Waals surface area contributed by atoms with Crippen molar-refractivity contribution < 1.29 is 4.74 Å². The number of hydrogen-bond donors (Lipinski definition) is 1. The minimum absolute atomic E-state index is 0.625. The Balaban J connectivity index is 2.17. The van der Waals surface area contributed by atoms with E-state index >= 15 is 0 Å². The molecular formula is C15H21N3O. The molecular weight excluding hydrogens is 238 g/mol. The van der Waals surface area contributed by atoms with Crippen LogP contribution in [0.5, 0.6) is 5.75 Å². The highest BCUT2D eigenvalue weighted by molar-refractivity contribution is 5.61. The highest BCUT2D eigenvalue weighted by Gasteiger charge is 2.07. The molecule has 0 spiro atoms. The van der Waals surface area contributed by atoms with Crippen LogP contribution in [-0.4, -0.2) is 22.9 Å². The van der Waals surface area contributed by atoms with Crippen LogP contribution >= 0.6 is 0 Å². The lowest BCUT2D eigenvalue weighted by Crippen LogP contribution is -2.03. The molecule has 0 radical (unpaired) electrons. The molecule has 102 valence electrons. The van der Waals surface area contributed by atoms with Gasteiger partial charge in [-0.3, -0.25) is 4.68 Å². The van der Waals surface area contributed by atoms with E-state index in [0.717, 1.165) is 42.1 Å². The van der Waals surface area contributed by atoms with Gasteiger partial charge in [0.2, 0.25) is 0 Å². The van der Waals surface area contributed by atoms with Gasteiger partial charge in [-0.15, -0.1) is 0 Å². The van der Waals surface area contributed by atoms with Crippen LogP contribution in [0.4, 0.5) is 0 Å². The largest absolute Gasteiger partial charge is 0.494 e. The third-order valence-electron chi connectivity index (χ3n) is 2.95. The molecule has 19 heavy (non-hydrogen) atoms. The smallest absolute Gasteiger partial charge is 0.119 e. The molecule has 2 rings (SSSR count). The van der Waals surface area contributed by atoms with Gasteiger partial charge in [-0.25, -0.2) is 0 Å². The predicted octanol–water partition coefficient (Wildman–Crippen LogP) is 2.38. The summed E-state index contributed by atoms with van der Waals surface area (Å²) in [5.74, 6) is 0.912. The molecule has 1 aromatic carbocycles. The highest BCUT2D eigenvalue weighted by Crippen LogP contribution is 2.23. The van der Waals surface area contributed by atoms with Gasteiger partial charge in [0.15, 0.2) is 0 Å². The van der Waals surface area contributed by atoms with Crippen molar-refractivity contribution in [1.82, 2.24) is 9.78 Å². The van der Waals surface area contributed by atoms with Gasteiger partial charge in [-0.2, -0.15) is 5.10 Å². The van der Waals surface area contributed by atoms with E-state index in [-0.39, 0.29) is 0 Å². The monoisotopic (exact) mass is 259 g/mol. The Morgan fingerprint density at radius 3 is 2.63 bits per heavy atom. The van der Waals surface area contributed by atoms with Crippen LogP contribution in [0, 0.1) is 0 Å². The van der Waals surface area contributed by atoms with Crippen molar-refractivity contribution in [2.24, 2.45) is 12.8 Å². The van der Waals surface area contributed by atoms with Gasteiger partial charge in [0.25, 0.3) is 0 Å². The maximum absolute atomic E-state index is 5.58. The maximum atomic E-state index is 5.58. The standard InChI is InChI=1S/C15H21N3O/c1-3-10-19-14-6-4-12(5-7-14)15-11-13(8-9-16)17-18(15)2/h4-7,11H,3,8-10,16H2,1-2H3. The first-order valence-corrected chi connectivity index (χ1v) is 6.70. The van der Waals surface area contributed by atoms with Crippen molar-refractivity contribution in [3.8, 4) is 17.0 Å². The maximum Gasteiger partial charge on any atom is 0.119 e. The first kappa shape index (κ1) is 13.6. The number of aryl methyl sites for hydroxylation is 1. The fraction of sp³-hybridized carbons (Fsp3) is 0.400. The van der Waals surface area contributed by atoms with E-state index < -0.39 is 0 Å². The number of hydrogen-bond acceptors (Lipinski definition) is 3. The van der Waals surface area contributed by atoms with Gasteiger partial charge in [0.1, 0.15) is 5.75 Å². The lowest BCUT2D eigenvalue weighted by molar-refractivity contribution is 0.317. The number of rotatable bonds is 6. The minimum Gasteiger partial charge on any atom is -0.494 e. The Morgan fingerprint density at radius 2 is 2.00 bits per heavy atom. The Hall–Kier alpha value is -1.81. The van der Waals surface area contributed by atoms with E-state index in [1.54, 1.807) is 0 Å². The Bertz CT molecular complexity index is 517. The van der Waals surface area contributed by atoms with E-state index in [2.05, 4.69) is 30.2 Å². The van der Waals surface area contributed by atoms with Crippen molar-refractivity contribution in [2.45, 2.75) is 19.8 Å². The van der Waals surface area contributed by atoms with E-state index in [9.17, 15) is 0 Å². The van der Waals surface area contributed by atoms with Crippen LogP contribution in [0.1, 0.15) is 19.0 Å². The average Bonchev–Trinajstić information content (AvgIpc) is 2.78. The molecule has 2 N–H and O–H groups in total. The van der Waals surface area contributed by atoms with Crippen LogP contribution in [0.2, 0.25) is 0 Å². The quantitative estimate of drug-likeness (QED) is 0.866. The van der Waals surface area contributed by atoms with E-state index in [1.165, 1.54) is 0 Å². The first-order valence-electron chi connectivity index (χ1n) is 6.70. The molecule has 0 atom stereocenters. The zero-order valence-corrected chi connectivity index (χ0v) is 11.6. The number of aromatic nitrogens is 2. The fourth-order valence-electron chi connectivity index (χ4n) is 2.01. The molecule has 0 saturated heterocycles. The molecule has 0 unspecified atom stereocenters. The Labute approximate surface area is 114 Å². The predicted molar refractivity (Wildman–Crippen MR) is 77.2 cm³/mol. The summed E-state index contributed by atoms with van der Waals surface area (Å²) in [6.45, 7) is 3.48. The molecule has 4 heteroatoms. The van der Waals surface area contributed by atoms with Crippen LogP contribution < -0.4 is 10.5 Å². The summed E-state index contributed by atoms with van der Waals surface area (Å²) in [5.41, 5.74) is 8.84. The fourth-order valence-corrected chi connectivity index (χ4v) is 2.01. The van der Waals surface area contributed by atoms with Crippen molar-refractivity contribution in [1.29, 1.82) is 0 Å². The topological polar surface area (TPSA) is 53.1 Å². The SMILES string of the molecule is CCCOc1ccc(-c2cc(CCN)nn2C)cc1. The van der Waals surface area contributed by atoms with E-state index in [0.29, 0.717) is 6.54 Å². The molecule has 0 aliphatic carbocycles. The molecule has 0 bridgehead atoms. The summed E-state index contributed by atoms with van der Waals surface area (Å²) >= 11 is 0. The molecule has 0 fully saturated rings. The van der Waals surface area contributed by atoms with Crippen LogP contribution in [0.25, 0.3) is 11.3 Å². The molecule has 4 nitrogen and oxygen atoms in total. The summed E-state index contributed by atoms with van der Waals surface area (Å²) in [7, 11) is 1.96. The third kappa shape index (κ3) is 3.35. The lowest BCUT2D eigenvalue weighted by Gasteiger charge is -2.06. The van der Waals surface area contributed by atoms with E-state index in [1.807, 2.05) is 23.9 Å². The number of benzene rings is 1. The summed E-state index contributed by atoms with van der Waals surface area (Å²) in [6, 6.07) is 10.2. The van der Waals surface area contributed by atoms with Gasteiger partial charge >= 0.3 is 0 Å². The normalized spacial score (nSPS) is 10.7. The second kappa shape index (κ2) is 6.38.